The molecular formula is C10H11BrClN3. The number of hydrogen-bond donors (Lipinski definition) is 1. The second-order valence-corrected chi connectivity index (χ2v) is 4.78. The Morgan fingerprint density at radius 2 is 2.33 bits per heavy atom. The predicted molar refractivity (Wildman–Crippen MR) is 67.6 cm³/mol. The predicted octanol–water partition coefficient (Wildman–Crippen LogP) is 2.63. The molecule has 0 fully saturated rings. The topological polar surface area (TPSA) is 41.6 Å². The number of anilines is 1. The first-order chi connectivity index (χ1) is 7.09. The minimum absolute atomic E-state index is 0.304. The number of benzene rings is 1. The Kier molecular flexibility index (Phi) is 2.89. The summed E-state index contributed by atoms with van der Waals surface area (Å²) >= 11 is 9.33. The molecule has 0 aliphatic carbocycles. The molecule has 0 saturated carbocycles. The fourth-order valence-electron chi connectivity index (χ4n) is 1.63. The molecule has 0 spiro atoms. The monoisotopic (exact) mass is 287 g/mol. The molecule has 1 aliphatic rings. The van der Waals surface area contributed by atoms with Crippen molar-refractivity contribution in [2.75, 3.05) is 11.4 Å². The first-order valence-electron chi connectivity index (χ1n) is 4.64. The first-order valence-corrected chi connectivity index (χ1v) is 5.81. The Balaban J connectivity index is 2.37. The zero-order chi connectivity index (χ0) is 11.0. The van der Waals surface area contributed by atoms with Gasteiger partial charge in [0, 0.05) is 10.2 Å². The van der Waals surface area contributed by atoms with Crippen LogP contribution in [0.4, 0.5) is 5.69 Å². The smallest absolute Gasteiger partial charge is 0.196 e. The van der Waals surface area contributed by atoms with Gasteiger partial charge in [0.15, 0.2) is 5.96 Å². The van der Waals surface area contributed by atoms with E-state index in [4.69, 9.17) is 17.3 Å². The molecule has 0 bridgehead atoms. The summed E-state index contributed by atoms with van der Waals surface area (Å²) in [5.74, 6) is 0.566. The van der Waals surface area contributed by atoms with E-state index >= 15 is 0 Å². The van der Waals surface area contributed by atoms with Crippen LogP contribution in [0.5, 0.6) is 0 Å². The Labute approximate surface area is 102 Å². The average molecular weight is 289 g/mol. The third-order valence-electron chi connectivity index (χ3n) is 2.39. The van der Waals surface area contributed by atoms with E-state index in [1.807, 2.05) is 23.1 Å². The Hall–Kier alpha value is -0.740. The quantitative estimate of drug-likeness (QED) is 0.863. The van der Waals surface area contributed by atoms with Crippen LogP contribution in [0.25, 0.3) is 0 Å². The van der Waals surface area contributed by atoms with Crippen LogP contribution in [0, 0.1) is 0 Å². The van der Waals surface area contributed by atoms with Crippen LogP contribution in [-0.2, 0) is 0 Å². The normalized spacial score (nSPS) is 20.6. The molecule has 80 valence electrons. The minimum atomic E-state index is 0.304. The summed E-state index contributed by atoms with van der Waals surface area (Å²) in [6.07, 6.45) is 0. The molecule has 0 saturated heterocycles. The lowest BCUT2D eigenvalue weighted by atomic mass is 10.2. The third-order valence-corrected chi connectivity index (χ3v) is 3.60. The highest BCUT2D eigenvalue weighted by atomic mass is 79.9. The van der Waals surface area contributed by atoms with Gasteiger partial charge in [-0.15, -0.1) is 0 Å². The van der Waals surface area contributed by atoms with Gasteiger partial charge < -0.3 is 10.6 Å². The highest BCUT2D eigenvalue weighted by Crippen LogP contribution is 2.29. The fourth-order valence-corrected chi connectivity index (χ4v) is 2.12. The average Bonchev–Trinajstić information content (AvgIpc) is 2.52. The zero-order valence-corrected chi connectivity index (χ0v) is 10.6. The molecule has 0 radical (unpaired) electrons. The van der Waals surface area contributed by atoms with E-state index in [9.17, 15) is 0 Å². The van der Waals surface area contributed by atoms with Gasteiger partial charge in [-0.05, 0) is 41.1 Å². The van der Waals surface area contributed by atoms with Crippen molar-refractivity contribution in [3.05, 3.63) is 27.7 Å². The lowest BCUT2D eigenvalue weighted by Gasteiger charge is -2.23. The molecule has 1 aromatic rings. The van der Waals surface area contributed by atoms with Crippen molar-refractivity contribution in [1.29, 1.82) is 0 Å². The highest BCUT2D eigenvalue weighted by molar-refractivity contribution is 9.10. The van der Waals surface area contributed by atoms with E-state index in [0.717, 1.165) is 16.7 Å². The van der Waals surface area contributed by atoms with Gasteiger partial charge in [-0.2, -0.15) is 0 Å². The molecule has 1 atom stereocenters. The van der Waals surface area contributed by atoms with Crippen molar-refractivity contribution < 1.29 is 0 Å². The van der Waals surface area contributed by atoms with Crippen LogP contribution >= 0.6 is 27.5 Å². The number of hydrogen-bond acceptors (Lipinski definition) is 3. The molecule has 1 heterocycles. The minimum Gasteiger partial charge on any atom is -0.370 e. The van der Waals surface area contributed by atoms with Crippen molar-refractivity contribution in [2.45, 2.75) is 13.0 Å². The van der Waals surface area contributed by atoms with Gasteiger partial charge in [0.25, 0.3) is 0 Å². The summed E-state index contributed by atoms with van der Waals surface area (Å²) in [5.41, 5.74) is 6.83. The van der Waals surface area contributed by atoms with E-state index in [0.29, 0.717) is 17.0 Å². The summed E-state index contributed by atoms with van der Waals surface area (Å²) in [6.45, 7) is 2.83. The second kappa shape index (κ2) is 4.02. The lowest BCUT2D eigenvalue weighted by molar-refractivity contribution is 0.783. The summed E-state index contributed by atoms with van der Waals surface area (Å²) in [4.78, 5) is 6.20. The van der Waals surface area contributed by atoms with Gasteiger partial charge in [0.1, 0.15) is 0 Å². The van der Waals surface area contributed by atoms with E-state index in [1.165, 1.54) is 0 Å². The molecule has 5 heteroatoms. The molecule has 2 rings (SSSR count). The summed E-state index contributed by atoms with van der Waals surface area (Å²) < 4.78 is 0.869. The van der Waals surface area contributed by atoms with Crippen LogP contribution in [0.15, 0.2) is 27.7 Å². The highest BCUT2D eigenvalue weighted by Gasteiger charge is 2.23. The summed E-state index contributed by atoms with van der Waals surface area (Å²) in [5, 5.41) is 0.695. The molecular weight excluding hydrogens is 277 g/mol. The largest absolute Gasteiger partial charge is 0.370 e. The van der Waals surface area contributed by atoms with Crippen molar-refractivity contribution in [1.82, 2.24) is 0 Å². The van der Waals surface area contributed by atoms with Gasteiger partial charge in [0.05, 0.1) is 17.6 Å². The molecule has 0 aromatic heterocycles. The standard InChI is InChI=1S/C10H11BrClN3/c1-6-5-14-10(13)15(6)7-2-3-9(12)8(11)4-7/h2-4,6H,5H2,1H3,(H2,13,14). The van der Waals surface area contributed by atoms with E-state index in [-0.39, 0.29) is 0 Å². The second-order valence-electron chi connectivity index (χ2n) is 3.52. The molecule has 1 unspecified atom stereocenters. The van der Waals surface area contributed by atoms with Crippen molar-refractivity contribution in [3.63, 3.8) is 0 Å². The Morgan fingerprint density at radius 3 is 2.87 bits per heavy atom. The summed E-state index contributed by atoms with van der Waals surface area (Å²) in [6, 6.07) is 6.04. The van der Waals surface area contributed by atoms with Crippen molar-refractivity contribution in [2.24, 2.45) is 10.7 Å². The first kappa shape index (κ1) is 10.8. The van der Waals surface area contributed by atoms with Crippen LogP contribution in [0.3, 0.4) is 0 Å². The summed E-state index contributed by atoms with van der Waals surface area (Å²) in [7, 11) is 0. The fraction of sp³-hybridized carbons (Fsp3) is 0.300. The van der Waals surface area contributed by atoms with Gasteiger partial charge in [-0.25, -0.2) is 0 Å². The molecule has 3 nitrogen and oxygen atoms in total. The van der Waals surface area contributed by atoms with Crippen LogP contribution in [0.1, 0.15) is 6.92 Å². The van der Waals surface area contributed by atoms with Crippen LogP contribution in [-0.4, -0.2) is 18.5 Å². The van der Waals surface area contributed by atoms with Gasteiger partial charge in [-0.3, -0.25) is 4.99 Å². The van der Waals surface area contributed by atoms with Crippen molar-refractivity contribution in [3.8, 4) is 0 Å². The molecule has 0 amide bonds. The van der Waals surface area contributed by atoms with Gasteiger partial charge in [-0.1, -0.05) is 11.6 Å². The van der Waals surface area contributed by atoms with Crippen LogP contribution in [0.2, 0.25) is 5.02 Å². The number of aliphatic imine (C=N–C) groups is 1. The maximum Gasteiger partial charge on any atom is 0.196 e. The number of guanidine groups is 1. The maximum absolute atomic E-state index is 5.93. The number of rotatable bonds is 1. The third kappa shape index (κ3) is 1.96. The molecule has 2 N–H and O–H groups in total. The number of nitrogens with zero attached hydrogens (tertiary/aromatic N) is 2. The number of halogens is 2. The van der Waals surface area contributed by atoms with E-state index in [1.54, 1.807) is 0 Å². The van der Waals surface area contributed by atoms with E-state index in [2.05, 4.69) is 27.8 Å². The SMILES string of the molecule is CC1CN=C(N)N1c1ccc(Cl)c(Br)c1. The zero-order valence-electron chi connectivity index (χ0n) is 8.24. The van der Waals surface area contributed by atoms with Crippen molar-refractivity contribution >= 4 is 39.2 Å². The van der Waals surface area contributed by atoms with Gasteiger partial charge in [0.2, 0.25) is 0 Å². The maximum atomic E-state index is 5.93. The number of nitrogens with two attached hydrogens (primary N) is 1. The molecule has 15 heavy (non-hydrogen) atoms. The lowest BCUT2D eigenvalue weighted by Crippen LogP contribution is -2.39. The molecule has 1 aliphatic heterocycles. The Morgan fingerprint density at radius 1 is 1.60 bits per heavy atom. The molecule has 1 aromatic carbocycles. The van der Waals surface area contributed by atoms with E-state index < -0.39 is 0 Å². The Bertz CT molecular complexity index is 419. The van der Waals surface area contributed by atoms with Crippen LogP contribution < -0.4 is 10.6 Å². The van der Waals surface area contributed by atoms with Gasteiger partial charge >= 0.3 is 0 Å².